The van der Waals surface area contributed by atoms with Crippen molar-refractivity contribution in [3.63, 3.8) is 0 Å². The Labute approximate surface area is 110 Å². The van der Waals surface area contributed by atoms with E-state index < -0.39 is 0 Å². The predicted molar refractivity (Wildman–Crippen MR) is 76.9 cm³/mol. The number of anilines is 1. The molecule has 0 heterocycles. The fraction of sp³-hybridized carbons (Fsp3) is 0.571. The fourth-order valence-corrected chi connectivity index (χ4v) is 2.29. The Bertz CT molecular complexity index is 369. The molecule has 1 rings (SSSR count). The molecule has 0 saturated carbocycles. The number of benzene rings is 1. The van der Waals surface area contributed by atoms with Gasteiger partial charge in [0.2, 0.25) is 0 Å². The Kier molecular flexibility index (Phi) is 4.84. The van der Waals surface area contributed by atoms with Gasteiger partial charge in [0.25, 0.3) is 0 Å². The normalized spacial score (nSPS) is 11.6. The summed E-state index contributed by atoms with van der Waals surface area (Å²) < 4.78 is 0. The molecule has 0 aliphatic heterocycles. The third-order valence-corrected chi connectivity index (χ3v) is 2.92. The molecule has 0 saturated heterocycles. The molecule has 0 amide bonds. The molecule has 1 aromatic rings. The van der Waals surface area contributed by atoms with E-state index >= 15 is 0 Å². The minimum atomic E-state index is 0.272. The van der Waals surface area contributed by atoms with Crippen molar-refractivity contribution in [2.24, 2.45) is 5.41 Å². The lowest BCUT2D eigenvalue weighted by Gasteiger charge is -2.30. The first kappa shape index (κ1) is 14.3. The number of halogens is 1. The predicted octanol–water partition coefficient (Wildman–Crippen LogP) is 3.54. The SMILES string of the molecule is CNCc1c(Cl)cccc1N(C)CC(C)(C)C. The summed E-state index contributed by atoms with van der Waals surface area (Å²) in [6.07, 6.45) is 0. The highest BCUT2D eigenvalue weighted by atomic mass is 35.5. The smallest absolute Gasteiger partial charge is 0.0471 e. The van der Waals surface area contributed by atoms with Gasteiger partial charge >= 0.3 is 0 Å². The zero-order chi connectivity index (χ0) is 13.1. The van der Waals surface area contributed by atoms with Gasteiger partial charge in [0, 0.05) is 36.4 Å². The molecule has 0 bridgehead atoms. The van der Waals surface area contributed by atoms with E-state index in [1.807, 2.05) is 19.2 Å². The Morgan fingerprint density at radius 1 is 1.29 bits per heavy atom. The highest BCUT2D eigenvalue weighted by molar-refractivity contribution is 6.31. The Morgan fingerprint density at radius 3 is 2.47 bits per heavy atom. The van der Waals surface area contributed by atoms with Gasteiger partial charge in [0.15, 0.2) is 0 Å². The van der Waals surface area contributed by atoms with Crippen LogP contribution < -0.4 is 10.2 Å². The molecule has 17 heavy (non-hydrogen) atoms. The van der Waals surface area contributed by atoms with Crippen LogP contribution in [0.25, 0.3) is 0 Å². The molecule has 0 unspecified atom stereocenters. The van der Waals surface area contributed by atoms with Crippen LogP contribution >= 0.6 is 11.6 Å². The van der Waals surface area contributed by atoms with E-state index in [4.69, 9.17) is 11.6 Å². The summed E-state index contributed by atoms with van der Waals surface area (Å²) in [4.78, 5) is 2.28. The lowest BCUT2D eigenvalue weighted by molar-refractivity contribution is 0.418. The van der Waals surface area contributed by atoms with Crippen molar-refractivity contribution in [2.75, 3.05) is 25.5 Å². The molecule has 1 N–H and O–H groups in total. The second kappa shape index (κ2) is 5.74. The number of hydrogen-bond donors (Lipinski definition) is 1. The summed E-state index contributed by atoms with van der Waals surface area (Å²) in [6.45, 7) is 8.52. The maximum absolute atomic E-state index is 6.26. The topological polar surface area (TPSA) is 15.3 Å². The summed E-state index contributed by atoms with van der Waals surface area (Å²) in [6, 6.07) is 6.09. The second-order valence-electron chi connectivity index (χ2n) is 5.68. The van der Waals surface area contributed by atoms with Crippen molar-refractivity contribution < 1.29 is 0 Å². The third kappa shape index (κ3) is 4.21. The molecular weight excluding hydrogens is 232 g/mol. The van der Waals surface area contributed by atoms with E-state index in [1.54, 1.807) is 0 Å². The number of nitrogens with zero attached hydrogens (tertiary/aromatic N) is 1. The standard InChI is InChI=1S/C14H23ClN2/c1-14(2,3)10-17(5)13-8-6-7-12(15)11(13)9-16-4/h6-8,16H,9-10H2,1-5H3. The quantitative estimate of drug-likeness (QED) is 0.884. The van der Waals surface area contributed by atoms with Crippen molar-refractivity contribution in [3.05, 3.63) is 28.8 Å². The third-order valence-electron chi connectivity index (χ3n) is 2.57. The van der Waals surface area contributed by atoms with Crippen molar-refractivity contribution in [2.45, 2.75) is 27.3 Å². The van der Waals surface area contributed by atoms with Crippen molar-refractivity contribution in [3.8, 4) is 0 Å². The van der Waals surface area contributed by atoms with Gasteiger partial charge in [0.05, 0.1) is 0 Å². The van der Waals surface area contributed by atoms with Crippen LogP contribution in [0.2, 0.25) is 5.02 Å². The zero-order valence-corrected chi connectivity index (χ0v) is 12.2. The van der Waals surface area contributed by atoms with E-state index in [0.29, 0.717) is 0 Å². The lowest BCUT2D eigenvalue weighted by Crippen LogP contribution is -2.30. The van der Waals surface area contributed by atoms with Crippen LogP contribution in [-0.4, -0.2) is 20.6 Å². The molecule has 0 aliphatic rings. The van der Waals surface area contributed by atoms with Crippen molar-refractivity contribution in [1.82, 2.24) is 5.32 Å². The summed E-state index contributed by atoms with van der Waals surface area (Å²) in [5.41, 5.74) is 2.65. The van der Waals surface area contributed by atoms with E-state index in [9.17, 15) is 0 Å². The summed E-state index contributed by atoms with van der Waals surface area (Å²) in [5.74, 6) is 0. The number of rotatable bonds is 4. The molecule has 0 fully saturated rings. The van der Waals surface area contributed by atoms with Crippen LogP contribution in [0.5, 0.6) is 0 Å². The largest absolute Gasteiger partial charge is 0.374 e. The first-order valence-corrected chi connectivity index (χ1v) is 6.36. The highest BCUT2D eigenvalue weighted by Gasteiger charge is 2.16. The van der Waals surface area contributed by atoms with Crippen molar-refractivity contribution in [1.29, 1.82) is 0 Å². The molecule has 0 aliphatic carbocycles. The molecule has 0 spiro atoms. The van der Waals surface area contributed by atoms with Gasteiger partial charge in [-0.3, -0.25) is 0 Å². The Morgan fingerprint density at radius 2 is 1.94 bits per heavy atom. The molecular formula is C14H23ClN2. The molecule has 2 nitrogen and oxygen atoms in total. The first-order chi connectivity index (χ1) is 7.85. The van der Waals surface area contributed by atoms with E-state index in [-0.39, 0.29) is 5.41 Å². The lowest BCUT2D eigenvalue weighted by atomic mass is 9.95. The first-order valence-electron chi connectivity index (χ1n) is 5.98. The van der Waals surface area contributed by atoms with E-state index in [2.05, 4.69) is 44.1 Å². The van der Waals surface area contributed by atoms with Crippen LogP contribution in [0.1, 0.15) is 26.3 Å². The van der Waals surface area contributed by atoms with Crippen LogP contribution in [0.15, 0.2) is 18.2 Å². The maximum Gasteiger partial charge on any atom is 0.0471 e. The van der Waals surface area contributed by atoms with Gasteiger partial charge in [-0.15, -0.1) is 0 Å². The molecule has 0 radical (unpaired) electrons. The van der Waals surface area contributed by atoms with Gasteiger partial charge in [-0.25, -0.2) is 0 Å². The molecule has 3 heteroatoms. The number of nitrogens with one attached hydrogen (secondary N) is 1. The van der Waals surface area contributed by atoms with Gasteiger partial charge in [0.1, 0.15) is 0 Å². The maximum atomic E-state index is 6.26. The average molecular weight is 255 g/mol. The second-order valence-corrected chi connectivity index (χ2v) is 6.09. The zero-order valence-electron chi connectivity index (χ0n) is 11.5. The summed E-state index contributed by atoms with van der Waals surface area (Å²) in [5, 5.41) is 4.00. The summed E-state index contributed by atoms with van der Waals surface area (Å²) >= 11 is 6.26. The molecule has 1 aromatic carbocycles. The van der Waals surface area contributed by atoms with E-state index in [0.717, 1.165) is 18.1 Å². The van der Waals surface area contributed by atoms with Crippen LogP contribution in [-0.2, 0) is 6.54 Å². The Balaban J connectivity index is 3.00. The highest BCUT2D eigenvalue weighted by Crippen LogP contribution is 2.28. The van der Waals surface area contributed by atoms with Gasteiger partial charge in [-0.05, 0) is 24.6 Å². The fourth-order valence-electron chi connectivity index (χ4n) is 2.05. The Hall–Kier alpha value is -0.730. The van der Waals surface area contributed by atoms with Crippen LogP contribution in [0, 0.1) is 5.41 Å². The number of hydrogen-bond acceptors (Lipinski definition) is 2. The molecule has 0 atom stereocenters. The minimum absolute atomic E-state index is 0.272. The van der Waals surface area contributed by atoms with Crippen LogP contribution in [0.3, 0.4) is 0 Å². The van der Waals surface area contributed by atoms with Crippen molar-refractivity contribution >= 4 is 17.3 Å². The van der Waals surface area contributed by atoms with Gasteiger partial charge < -0.3 is 10.2 Å². The van der Waals surface area contributed by atoms with Gasteiger partial charge in [-0.1, -0.05) is 38.4 Å². The average Bonchev–Trinajstić information content (AvgIpc) is 2.18. The van der Waals surface area contributed by atoms with E-state index in [1.165, 1.54) is 11.3 Å². The minimum Gasteiger partial charge on any atom is -0.374 e. The van der Waals surface area contributed by atoms with Gasteiger partial charge in [-0.2, -0.15) is 0 Å². The molecule has 96 valence electrons. The monoisotopic (exact) mass is 254 g/mol. The van der Waals surface area contributed by atoms with Crippen LogP contribution in [0.4, 0.5) is 5.69 Å². The summed E-state index contributed by atoms with van der Waals surface area (Å²) in [7, 11) is 4.06. The molecule has 0 aromatic heterocycles.